The molecule has 10 nitrogen and oxygen atoms in total. The summed E-state index contributed by atoms with van der Waals surface area (Å²) in [4.78, 5) is 59.9. The molecule has 0 fully saturated rings. The van der Waals surface area contributed by atoms with Crippen LogP contribution < -0.4 is 16.0 Å². The Bertz CT molecular complexity index is 866. The summed E-state index contributed by atoms with van der Waals surface area (Å²) in [5.41, 5.74) is 0.845. The molecule has 1 aromatic carbocycles. The van der Waals surface area contributed by atoms with Crippen LogP contribution in [0.5, 0.6) is 0 Å². The standard InChI is InChI=1S/C23H31N3O7/c1-15(2)10-18(23(31)33-4)26-21(29)14-25-20(28)13-24-19(27)12-17(22(30)32-3)11-16-8-6-5-7-9-16/h5-9,11,15,18H,10,12-14H2,1-4H3,(H,24,27)(H,25,28)(H,26,29)/b17-11+/t18-/m0/s1. The Labute approximate surface area is 193 Å². The molecule has 0 saturated heterocycles. The van der Waals surface area contributed by atoms with Gasteiger partial charge in [0.1, 0.15) is 6.04 Å². The smallest absolute Gasteiger partial charge is 0.334 e. The minimum atomic E-state index is -0.813. The van der Waals surface area contributed by atoms with Gasteiger partial charge in [0, 0.05) is 5.57 Å². The number of methoxy groups -OCH3 is 2. The van der Waals surface area contributed by atoms with E-state index in [0.29, 0.717) is 6.42 Å². The third-order valence-electron chi connectivity index (χ3n) is 4.36. The second-order valence-corrected chi connectivity index (χ2v) is 7.57. The van der Waals surface area contributed by atoms with Crippen LogP contribution in [0.4, 0.5) is 0 Å². The molecule has 0 aliphatic rings. The lowest BCUT2D eigenvalue weighted by Gasteiger charge is -2.18. The maximum absolute atomic E-state index is 12.2. The number of benzene rings is 1. The molecule has 0 aromatic heterocycles. The third-order valence-corrected chi connectivity index (χ3v) is 4.36. The topological polar surface area (TPSA) is 140 Å². The zero-order chi connectivity index (χ0) is 24.8. The van der Waals surface area contributed by atoms with Crippen LogP contribution >= 0.6 is 0 Å². The fraction of sp³-hybridized carbons (Fsp3) is 0.435. The predicted molar refractivity (Wildman–Crippen MR) is 120 cm³/mol. The van der Waals surface area contributed by atoms with Crippen LogP contribution in [0, 0.1) is 5.92 Å². The Morgan fingerprint density at radius 2 is 1.48 bits per heavy atom. The van der Waals surface area contributed by atoms with Gasteiger partial charge in [-0.05, 0) is 24.0 Å². The molecule has 33 heavy (non-hydrogen) atoms. The van der Waals surface area contributed by atoms with Crippen molar-refractivity contribution in [1.29, 1.82) is 0 Å². The zero-order valence-electron chi connectivity index (χ0n) is 19.3. The summed E-state index contributed by atoms with van der Waals surface area (Å²) in [6.07, 6.45) is 1.64. The van der Waals surface area contributed by atoms with Gasteiger partial charge in [0.15, 0.2) is 0 Å². The van der Waals surface area contributed by atoms with Crippen LogP contribution in [-0.4, -0.2) is 63.0 Å². The number of nitrogens with one attached hydrogen (secondary N) is 3. The van der Waals surface area contributed by atoms with Gasteiger partial charge < -0.3 is 25.4 Å². The normalized spacial score (nSPS) is 11.8. The number of carbonyl (C=O) groups excluding carboxylic acids is 5. The molecule has 3 amide bonds. The van der Waals surface area contributed by atoms with Crippen LogP contribution in [0.25, 0.3) is 6.08 Å². The lowest BCUT2D eigenvalue weighted by Crippen LogP contribution is -2.47. The van der Waals surface area contributed by atoms with Gasteiger partial charge in [-0.1, -0.05) is 44.2 Å². The molecule has 10 heteroatoms. The highest BCUT2D eigenvalue weighted by molar-refractivity contribution is 6.00. The Kier molecular flexibility index (Phi) is 11.9. The van der Waals surface area contributed by atoms with Crippen molar-refractivity contribution in [2.45, 2.75) is 32.7 Å². The molecule has 0 aliphatic heterocycles. The summed E-state index contributed by atoms with van der Waals surface area (Å²) in [7, 11) is 2.44. The molecule has 0 saturated carbocycles. The van der Waals surface area contributed by atoms with Gasteiger partial charge in [0.25, 0.3) is 0 Å². The minimum Gasteiger partial charge on any atom is -0.467 e. The zero-order valence-corrected chi connectivity index (χ0v) is 19.3. The number of amides is 3. The molecule has 0 spiro atoms. The van der Waals surface area contributed by atoms with Gasteiger partial charge in [0.2, 0.25) is 17.7 Å². The first-order valence-corrected chi connectivity index (χ1v) is 10.4. The van der Waals surface area contributed by atoms with Crippen molar-refractivity contribution in [1.82, 2.24) is 16.0 Å². The Morgan fingerprint density at radius 1 is 0.879 bits per heavy atom. The Balaban J connectivity index is 2.52. The molecule has 0 unspecified atom stereocenters. The number of rotatable bonds is 12. The van der Waals surface area contributed by atoms with Crippen molar-refractivity contribution in [3.8, 4) is 0 Å². The van der Waals surface area contributed by atoms with E-state index in [1.807, 2.05) is 19.9 Å². The highest BCUT2D eigenvalue weighted by atomic mass is 16.5. The molecule has 0 heterocycles. The fourth-order valence-corrected chi connectivity index (χ4v) is 2.79. The minimum absolute atomic E-state index is 0.125. The largest absolute Gasteiger partial charge is 0.467 e. The van der Waals surface area contributed by atoms with Gasteiger partial charge in [-0.3, -0.25) is 14.4 Å². The average Bonchev–Trinajstić information content (AvgIpc) is 2.79. The molecule has 180 valence electrons. The average molecular weight is 462 g/mol. The van der Waals surface area contributed by atoms with Crippen LogP contribution in [0.2, 0.25) is 0 Å². The maximum atomic E-state index is 12.2. The Morgan fingerprint density at radius 3 is 2.06 bits per heavy atom. The molecular weight excluding hydrogens is 430 g/mol. The van der Waals surface area contributed by atoms with Gasteiger partial charge in [-0.15, -0.1) is 0 Å². The van der Waals surface area contributed by atoms with Crippen LogP contribution in [0.1, 0.15) is 32.3 Å². The number of esters is 2. The van der Waals surface area contributed by atoms with Crippen LogP contribution in [0.15, 0.2) is 35.9 Å². The number of hydrogen-bond donors (Lipinski definition) is 3. The molecule has 0 aliphatic carbocycles. The Hall–Kier alpha value is -3.69. The van der Waals surface area contributed by atoms with Crippen molar-refractivity contribution in [2.75, 3.05) is 27.3 Å². The molecule has 1 atom stereocenters. The summed E-state index contributed by atoms with van der Waals surface area (Å²) in [6.45, 7) is 3.03. The van der Waals surface area contributed by atoms with Gasteiger partial charge in [-0.2, -0.15) is 0 Å². The second-order valence-electron chi connectivity index (χ2n) is 7.57. The number of hydrogen-bond acceptors (Lipinski definition) is 7. The van der Waals surface area contributed by atoms with Gasteiger partial charge >= 0.3 is 11.9 Å². The fourth-order valence-electron chi connectivity index (χ4n) is 2.79. The first-order chi connectivity index (χ1) is 15.7. The second kappa shape index (κ2) is 14.4. The maximum Gasteiger partial charge on any atom is 0.334 e. The van der Waals surface area contributed by atoms with E-state index in [-0.39, 0.29) is 24.5 Å². The first kappa shape index (κ1) is 27.3. The quantitative estimate of drug-likeness (QED) is 0.305. The van der Waals surface area contributed by atoms with E-state index < -0.39 is 42.2 Å². The predicted octanol–water partition coefficient (Wildman–Crippen LogP) is 0.569. The SMILES string of the molecule is COC(=O)/C(=C/c1ccccc1)CC(=O)NCC(=O)NCC(=O)N[C@@H](CC(C)C)C(=O)OC. The molecule has 0 bridgehead atoms. The molecular formula is C23H31N3O7. The molecule has 1 rings (SSSR count). The van der Waals surface area contributed by atoms with Crippen molar-refractivity contribution < 1.29 is 33.4 Å². The van der Waals surface area contributed by atoms with E-state index >= 15 is 0 Å². The summed E-state index contributed by atoms with van der Waals surface area (Å²) >= 11 is 0. The van der Waals surface area contributed by atoms with E-state index in [1.165, 1.54) is 20.3 Å². The highest BCUT2D eigenvalue weighted by Gasteiger charge is 2.22. The van der Waals surface area contributed by atoms with Crippen molar-refractivity contribution in [3.05, 3.63) is 41.5 Å². The lowest BCUT2D eigenvalue weighted by molar-refractivity contribution is -0.145. The van der Waals surface area contributed by atoms with E-state index in [1.54, 1.807) is 24.3 Å². The summed E-state index contributed by atoms with van der Waals surface area (Å²) in [5, 5.41) is 7.26. The van der Waals surface area contributed by atoms with Crippen molar-refractivity contribution in [3.63, 3.8) is 0 Å². The van der Waals surface area contributed by atoms with Crippen LogP contribution in [0.3, 0.4) is 0 Å². The highest BCUT2D eigenvalue weighted by Crippen LogP contribution is 2.11. The third kappa shape index (κ3) is 10.9. The molecule has 3 N–H and O–H groups in total. The molecule has 1 aromatic rings. The van der Waals surface area contributed by atoms with Crippen molar-refractivity contribution in [2.24, 2.45) is 5.92 Å². The number of carbonyl (C=O) groups is 5. The van der Waals surface area contributed by atoms with Crippen LogP contribution in [-0.2, 0) is 33.4 Å². The van der Waals surface area contributed by atoms with Gasteiger partial charge in [-0.25, -0.2) is 9.59 Å². The van der Waals surface area contributed by atoms with Crippen molar-refractivity contribution >= 4 is 35.7 Å². The van der Waals surface area contributed by atoms with E-state index in [4.69, 9.17) is 4.74 Å². The lowest BCUT2D eigenvalue weighted by atomic mass is 10.0. The monoisotopic (exact) mass is 461 g/mol. The molecule has 0 radical (unpaired) electrons. The van der Waals surface area contributed by atoms with E-state index in [2.05, 4.69) is 20.7 Å². The first-order valence-electron chi connectivity index (χ1n) is 10.4. The number of ether oxygens (including phenoxy) is 2. The summed E-state index contributed by atoms with van der Waals surface area (Å²) in [5.74, 6) is -2.82. The van der Waals surface area contributed by atoms with E-state index in [0.717, 1.165) is 5.56 Å². The van der Waals surface area contributed by atoms with Gasteiger partial charge in [0.05, 0.1) is 33.7 Å². The van der Waals surface area contributed by atoms with E-state index in [9.17, 15) is 24.0 Å². The summed E-state index contributed by atoms with van der Waals surface area (Å²) < 4.78 is 9.39. The summed E-state index contributed by atoms with van der Waals surface area (Å²) in [6, 6.07) is 8.12.